The monoisotopic (exact) mass is 283 g/mol. The number of anilines is 1. The zero-order valence-corrected chi connectivity index (χ0v) is 11.1. The standard InChI is InChI=1S/C13H18BrNO/c1-13(9-16,8-10-5-6-10)15-12-4-2-3-11(14)7-12/h2-4,7,10,15-16H,5-6,8-9H2,1H3. The third kappa shape index (κ3) is 3.22. The van der Waals surface area contributed by atoms with E-state index in [1.165, 1.54) is 12.8 Å². The Morgan fingerprint density at radius 2 is 2.25 bits per heavy atom. The molecule has 0 aliphatic heterocycles. The lowest BCUT2D eigenvalue weighted by Crippen LogP contribution is -2.39. The summed E-state index contributed by atoms with van der Waals surface area (Å²) < 4.78 is 1.06. The lowest BCUT2D eigenvalue weighted by Gasteiger charge is -2.30. The Labute approximate surface area is 105 Å². The average Bonchev–Trinajstić information content (AvgIpc) is 3.01. The molecule has 1 unspecified atom stereocenters. The second-order valence-corrected chi connectivity index (χ2v) is 5.92. The maximum atomic E-state index is 9.52. The van der Waals surface area contributed by atoms with Gasteiger partial charge in [0.05, 0.1) is 12.1 Å². The minimum absolute atomic E-state index is 0.177. The van der Waals surface area contributed by atoms with Crippen LogP contribution in [0.3, 0.4) is 0 Å². The van der Waals surface area contributed by atoms with Crippen LogP contribution in [0, 0.1) is 5.92 Å². The smallest absolute Gasteiger partial charge is 0.0658 e. The van der Waals surface area contributed by atoms with Crippen LogP contribution in [0.4, 0.5) is 5.69 Å². The number of nitrogens with one attached hydrogen (secondary N) is 1. The maximum absolute atomic E-state index is 9.52. The van der Waals surface area contributed by atoms with Crippen molar-refractivity contribution in [2.75, 3.05) is 11.9 Å². The van der Waals surface area contributed by atoms with Crippen LogP contribution >= 0.6 is 15.9 Å². The van der Waals surface area contributed by atoms with Gasteiger partial charge in [0.1, 0.15) is 0 Å². The third-order valence-corrected chi connectivity index (χ3v) is 3.55. The van der Waals surface area contributed by atoms with Crippen molar-refractivity contribution in [3.63, 3.8) is 0 Å². The van der Waals surface area contributed by atoms with Gasteiger partial charge in [-0.1, -0.05) is 34.8 Å². The minimum Gasteiger partial charge on any atom is -0.394 e. The van der Waals surface area contributed by atoms with Gasteiger partial charge in [-0.15, -0.1) is 0 Å². The Morgan fingerprint density at radius 1 is 1.50 bits per heavy atom. The van der Waals surface area contributed by atoms with Crippen LogP contribution in [0.2, 0.25) is 0 Å². The van der Waals surface area contributed by atoms with Gasteiger partial charge in [-0.25, -0.2) is 0 Å². The highest BCUT2D eigenvalue weighted by Gasteiger charge is 2.32. The van der Waals surface area contributed by atoms with Gasteiger partial charge < -0.3 is 10.4 Å². The maximum Gasteiger partial charge on any atom is 0.0658 e. The van der Waals surface area contributed by atoms with Gasteiger partial charge in [-0.3, -0.25) is 0 Å². The van der Waals surface area contributed by atoms with Crippen LogP contribution in [0.25, 0.3) is 0 Å². The molecule has 0 aromatic heterocycles. The van der Waals surface area contributed by atoms with Crippen molar-refractivity contribution in [3.05, 3.63) is 28.7 Å². The molecule has 1 aliphatic rings. The van der Waals surface area contributed by atoms with Crippen LogP contribution in [0.1, 0.15) is 26.2 Å². The molecule has 1 aromatic rings. The quantitative estimate of drug-likeness (QED) is 0.868. The predicted octanol–water partition coefficient (Wildman–Crippen LogP) is 3.41. The molecule has 1 fully saturated rings. The molecule has 0 radical (unpaired) electrons. The van der Waals surface area contributed by atoms with Crippen molar-refractivity contribution < 1.29 is 5.11 Å². The van der Waals surface area contributed by atoms with Gasteiger partial charge in [0.2, 0.25) is 0 Å². The van der Waals surface area contributed by atoms with Gasteiger partial charge in [-0.2, -0.15) is 0 Å². The van der Waals surface area contributed by atoms with E-state index < -0.39 is 0 Å². The highest BCUT2D eigenvalue weighted by molar-refractivity contribution is 9.10. The highest BCUT2D eigenvalue weighted by atomic mass is 79.9. The molecule has 2 N–H and O–H groups in total. The number of hydrogen-bond acceptors (Lipinski definition) is 2. The van der Waals surface area contributed by atoms with E-state index in [2.05, 4.69) is 28.2 Å². The van der Waals surface area contributed by atoms with Crippen molar-refractivity contribution in [2.24, 2.45) is 5.92 Å². The number of benzene rings is 1. The highest BCUT2D eigenvalue weighted by Crippen LogP contribution is 2.37. The van der Waals surface area contributed by atoms with E-state index in [9.17, 15) is 5.11 Å². The average molecular weight is 284 g/mol. The zero-order chi connectivity index (χ0) is 11.6. The van der Waals surface area contributed by atoms with Crippen molar-refractivity contribution in [1.82, 2.24) is 0 Å². The Kier molecular flexibility index (Phi) is 3.55. The topological polar surface area (TPSA) is 32.3 Å². The van der Waals surface area contributed by atoms with E-state index in [4.69, 9.17) is 0 Å². The fraction of sp³-hybridized carbons (Fsp3) is 0.538. The molecule has 16 heavy (non-hydrogen) atoms. The first-order chi connectivity index (χ1) is 7.61. The molecule has 1 aliphatic carbocycles. The molecule has 0 heterocycles. The van der Waals surface area contributed by atoms with Crippen molar-refractivity contribution in [1.29, 1.82) is 0 Å². The SMILES string of the molecule is CC(CO)(CC1CC1)Nc1cccc(Br)c1. The second kappa shape index (κ2) is 4.76. The molecule has 0 saturated heterocycles. The number of hydrogen-bond donors (Lipinski definition) is 2. The Balaban J connectivity index is 2.04. The normalized spacial score (nSPS) is 19.2. The molecule has 88 valence electrons. The molecule has 0 spiro atoms. The zero-order valence-electron chi connectivity index (χ0n) is 9.54. The van der Waals surface area contributed by atoms with E-state index in [1.54, 1.807) is 0 Å². The molecule has 2 nitrogen and oxygen atoms in total. The van der Waals surface area contributed by atoms with Gasteiger partial charge in [-0.05, 0) is 37.5 Å². The van der Waals surface area contributed by atoms with E-state index in [0.717, 1.165) is 22.5 Å². The lowest BCUT2D eigenvalue weighted by atomic mass is 9.95. The molecule has 1 saturated carbocycles. The van der Waals surface area contributed by atoms with Crippen LogP contribution < -0.4 is 5.32 Å². The Morgan fingerprint density at radius 3 is 2.81 bits per heavy atom. The first-order valence-corrected chi connectivity index (χ1v) is 6.55. The lowest BCUT2D eigenvalue weighted by molar-refractivity contribution is 0.209. The summed E-state index contributed by atoms with van der Waals surface area (Å²) in [5.74, 6) is 0.803. The summed E-state index contributed by atoms with van der Waals surface area (Å²) in [6, 6.07) is 8.08. The van der Waals surface area contributed by atoms with Gasteiger partial charge in [0.15, 0.2) is 0 Å². The van der Waals surface area contributed by atoms with E-state index in [-0.39, 0.29) is 12.1 Å². The van der Waals surface area contributed by atoms with Crippen molar-refractivity contribution in [3.8, 4) is 0 Å². The minimum atomic E-state index is -0.193. The first-order valence-electron chi connectivity index (χ1n) is 5.76. The molecule has 1 atom stereocenters. The summed E-state index contributed by atoms with van der Waals surface area (Å²) in [5.41, 5.74) is 0.869. The first kappa shape index (κ1) is 11.9. The summed E-state index contributed by atoms with van der Waals surface area (Å²) in [5, 5.41) is 13.0. The van der Waals surface area contributed by atoms with Gasteiger partial charge in [0, 0.05) is 10.2 Å². The summed E-state index contributed by atoms with van der Waals surface area (Å²) in [6.07, 6.45) is 3.68. The number of aliphatic hydroxyl groups is 1. The molecule has 0 amide bonds. The van der Waals surface area contributed by atoms with E-state index in [0.29, 0.717) is 0 Å². The number of halogens is 1. The molecular weight excluding hydrogens is 266 g/mol. The summed E-state index contributed by atoms with van der Waals surface area (Å²) >= 11 is 3.45. The predicted molar refractivity (Wildman–Crippen MR) is 70.6 cm³/mol. The van der Waals surface area contributed by atoms with Crippen LogP contribution in [0.5, 0.6) is 0 Å². The van der Waals surface area contributed by atoms with E-state index in [1.807, 2.05) is 24.3 Å². The van der Waals surface area contributed by atoms with E-state index >= 15 is 0 Å². The van der Waals surface area contributed by atoms with Crippen molar-refractivity contribution in [2.45, 2.75) is 31.7 Å². The second-order valence-electron chi connectivity index (χ2n) is 5.00. The molecule has 2 rings (SSSR count). The third-order valence-electron chi connectivity index (χ3n) is 3.06. The van der Waals surface area contributed by atoms with Gasteiger partial charge >= 0.3 is 0 Å². The summed E-state index contributed by atoms with van der Waals surface area (Å²) in [7, 11) is 0. The molecular formula is C13H18BrNO. The largest absolute Gasteiger partial charge is 0.394 e. The van der Waals surface area contributed by atoms with Crippen LogP contribution in [-0.2, 0) is 0 Å². The number of rotatable bonds is 5. The molecule has 0 bridgehead atoms. The fourth-order valence-corrected chi connectivity index (χ4v) is 2.43. The number of aliphatic hydroxyl groups excluding tert-OH is 1. The van der Waals surface area contributed by atoms with Crippen molar-refractivity contribution >= 4 is 21.6 Å². The Bertz CT molecular complexity index is 365. The Hall–Kier alpha value is -0.540. The fourth-order valence-electron chi connectivity index (χ4n) is 2.03. The summed E-state index contributed by atoms with van der Waals surface area (Å²) in [4.78, 5) is 0. The molecule has 3 heteroatoms. The van der Waals surface area contributed by atoms with Crippen LogP contribution in [0.15, 0.2) is 28.7 Å². The van der Waals surface area contributed by atoms with Gasteiger partial charge in [0.25, 0.3) is 0 Å². The molecule has 1 aromatic carbocycles. The van der Waals surface area contributed by atoms with Crippen LogP contribution in [-0.4, -0.2) is 17.3 Å². The summed E-state index contributed by atoms with van der Waals surface area (Å²) in [6.45, 7) is 2.27.